The van der Waals surface area contributed by atoms with Gasteiger partial charge >= 0.3 is 11.9 Å². The first-order valence-corrected chi connectivity index (χ1v) is 9.16. The van der Waals surface area contributed by atoms with Gasteiger partial charge in [0.1, 0.15) is 18.8 Å². The quantitative estimate of drug-likeness (QED) is 0.261. The van der Waals surface area contributed by atoms with E-state index < -0.39 is 55.2 Å². The van der Waals surface area contributed by atoms with Crippen LogP contribution in [0.2, 0.25) is 0 Å². The zero-order valence-corrected chi connectivity index (χ0v) is 17.1. The Kier molecular flexibility index (Phi) is 10.6. The molecular weight excluding hydrogens is 411 g/mol. The number of hydrogen-bond acceptors (Lipinski definition) is 9. The normalized spacial score (nSPS) is 26.6. The molecule has 10 nitrogen and oxygen atoms in total. The van der Waals surface area contributed by atoms with Crippen LogP contribution in [0.5, 0.6) is 0 Å². The Labute approximate surface area is 173 Å². The number of thiol groups is 1. The highest BCUT2D eigenvalue weighted by atomic mass is 32.1. The Morgan fingerprint density at radius 2 is 1.69 bits per heavy atom. The summed E-state index contributed by atoms with van der Waals surface area (Å²) in [5.41, 5.74) is 0. The maximum Gasteiger partial charge on any atom is 0.303 e. The number of carbonyl (C=O) groups excluding carboxylic acids is 4. The maximum absolute atomic E-state index is 13.6. The molecule has 1 aliphatic heterocycles. The second-order valence-corrected chi connectivity index (χ2v) is 6.34. The van der Waals surface area contributed by atoms with Crippen LogP contribution in [0.15, 0.2) is 12.2 Å². The Balaban J connectivity index is 3.02. The van der Waals surface area contributed by atoms with E-state index in [1.54, 1.807) is 0 Å². The number of amides is 2. The smallest absolute Gasteiger partial charge is 0.303 e. The number of carbonyl (C=O) groups is 4. The van der Waals surface area contributed by atoms with Crippen molar-refractivity contribution in [2.45, 2.75) is 57.8 Å². The molecule has 5 unspecified atom stereocenters. The summed E-state index contributed by atoms with van der Waals surface area (Å²) >= 11 is 3.62. The van der Waals surface area contributed by atoms with E-state index in [1.807, 2.05) is 0 Å². The lowest BCUT2D eigenvalue weighted by molar-refractivity contribution is -0.271. The minimum absolute atomic E-state index is 0.0510. The van der Waals surface area contributed by atoms with Gasteiger partial charge in [0.2, 0.25) is 11.8 Å². The maximum atomic E-state index is 13.6. The summed E-state index contributed by atoms with van der Waals surface area (Å²) in [6.07, 6.45) is -1.92. The largest absolute Gasteiger partial charge is 0.456 e. The van der Waals surface area contributed by atoms with E-state index in [0.717, 1.165) is 13.8 Å². The molecule has 29 heavy (non-hydrogen) atoms. The molecule has 1 saturated heterocycles. The van der Waals surface area contributed by atoms with Gasteiger partial charge in [-0.15, -0.1) is 0 Å². The van der Waals surface area contributed by atoms with E-state index in [0.29, 0.717) is 0 Å². The van der Waals surface area contributed by atoms with Crippen molar-refractivity contribution in [2.24, 2.45) is 0 Å². The average Bonchev–Trinajstić information content (AvgIpc) is 2.64. The lowest BCUT2D eigenvalue weighted by Crippen LogP contribution is -2.66. The van der Waals surface area contributed by atoms with Crippen LogP contribution in [-0.4, -0.2) is 67.7 Å². The van der Waals surface area contributed by atoms with Crippen molar-refractivity contribution >= 4 is 36.6 Å². The summed E-state index contributed by atoms with van der Waals surface area (Å²) in [5, 5.41) is 2.53. The second-order valence-electron chi connectivity index (χ2n) is 6.12. The Morgan fingerprint density at radius 3 is 2.21 bits per heavy atom. The molecule has 1 fully saturated rings. The summed E-state index contributed by atoms with van der Waals surface area (Å²) in [6.45, 7) is 2.35. The molecule has 5 atom stereocenters. The van der Waals surface area contributed by atoms with Crippen LogP contribution in [-0.2, 0) is 38.1 Å². The van der Waals surface area contributed by atoms with Gasteiger partial charge in [-0.25, -0.2) is 4.39 Å². The SMILES string of the molecule is CC(=O)NC1C(OC/C=C\CC(=O)NS)OC(CF)C(OC(C)=O)C1OC(C)=O. The summed E-state index contributed by atoms with van der Waals surface area (Å²) < 4.78 is 37.1. The van der Waals surface area contributed by atoms with Gasteiger partial charge < -0.3 is 29.0 Å². The number of ether oxygens (including phenoxy) is 4. The first-order chi connectivity index (χ1) is 13.7. The first-order valence-electron chi connectivity index (χ1n) is 8.72. The standard InChI is InChI=1S/C17H25FN2O8S/c1-9(21)19-14-16(27-11(3)23)15(26-10(2)22)12(8-18)28-17(14)25-7-5-4-6-13(24)20-29/h4-5,12,14-17,29H,6-8H2,1-3H3,(H,19,21)(H,20,24)/b5-4-. The predicted molar refractivity (Wildman–Crippen MR) is 100 cm³/mol. The lowest BCUT2D eigenvalue weighted by Gasteiger charge is -2.44. The van der Waals surface area contributed by atoms with Crippen LogP contribution >= 0.6 is 12.8 Å². The molecule has 12 heteroatoms. The molecule has 0 aromatic heterocycles. The minimum atomic E-state index is -1.28. The van der Waals surface area contributed by atoms with Crippen LogP contribution in [0.25, 0.3) is 0 Å². The number of esters is 2. The summed E-state index contributed by atoms with van der Waals surface area (Å²) in [6, 6.07) is -1.07. The minimum Gasteiger partial charge on any atom is -0.456 e. The molecule has 0 aromatic carbocycles. The number of alkyl halides is 1. The molecule has 2 amide bonds. The molecule has 0 spiro atoms. The number of rotatable bonds is 9. The number of halogens is 1. The Hall–Kier alpha value is -2.18. The van der Waals surface area contributed by atoms with Gasteiger partial charge in [-0.05, 0) is 0 Å². The third-order valence-corrected chi connectivity index (χ3v) is 3.97. The van der Waals surface area contributed by atoms with E-state index >= 15 is 0 Å². The molecular formula is C17H25FN2O8S. The molecule has 0 bridgehead atoms. The van der Waals surface area contributed by atoms with Gasteiger partial charge in [-0.3, -0.25) is 19.2 Å². The molecule has 0 aromatic rings. The monoisotopic (exact) mass is 436 g/mol. The molecule has 164 valence electrons. The highest BCUT2D eigenvalue weighted by Crippen LogP contribution is 2.27. The van der Waals surface area contributed by atoms with E-state index in [4.69, 9.17) is 18.9 Å². The van der Waals surface area contributed by atoms with Crippen molar-refractivity contribution in [1.82, 2.24) is 10.0 Å². The lowest BCUT2D eigenvalue weighted by atomic mass is 9.96. The van der Waals surface area contributed by atoms with Gasteiger partial charge in [-0.2, -0.15) is 0 Å². The molecule has 0 radical (unpaired) electrons. The van der Waals surface area contributed by atoms with Crippen molar-refractivity contribution in [3.8, 4) is 0 Å². The van der Waals surface area contributed by atoms with Gasteiger partial charge in [0.05, 0.1) is 6.61 Å². The predicted octanol–water partition coefficient (Wildman–Crippen LogP) is -0.0272. The Morgan fingerprint density at radius 1 is 1.07 bits per heavy atom. The first kappa shape index (κ1) is 24.9. The van der Waals surface area contributed by atoms with Gasteiger partial charge in [-0.1, -0.05) is 25.0 Å². The van der Waals surface area contributed by atoms with Crippen LogP contribution in [0, 0.1) is 0 Å². The molecule has 2 N–H and O–H groups in total. The summed E-state index contributed by atoms with van der Waals surface area (Å²) in [5.74, 6) is -2.28. The fourth-order valence-corrected chi connectivity index (χ4v) is 2.77. The van der Waals surface area contributed by atoms with Gasteiger partial charge in [0.25, 0.3) is 0 Å². The van der Waals surface area contributed by atoms with E-state index in [1.165, 1.54) is 19.1 Å². The number of nitrogens with one attached hydrogen (secondary N) is 2. The van der Waals surface area contributed by atoms with Gasteiger partial charge in [0.15, 0.2) is 18.5 Å². The second kappa shape index (κ2) is 12.4. The molecule has 1 rings (SSSR count). The molecule has 1 heterocycles. The van der Waals surface area contributed by atoms with Crippen LogP contribution in [0.3, 0.4) is 0 Å². The zero-order chi connectivity index (χ0) is 22.0. The van der Waals surface area contributed by atoms with E-state index in [9.17, 15) is 23.6 Å². The molecule has 0 saturated carbocycles. The third kappa shape index (κ3) is 8.38. The van der Waals surface area contributed by atoms with Crippen molar-refractivity contribution < 1.29 is 42.5 Å². The van der Waals surface area contributed by atoms with Crippen molar-refractivity contribution in [1.29, 1.82) is 0 Å². The topological polar surface area (TPSA) is 129 Å². The van der Waals surface area contributed by atoms with Crippen molar-refractivity contribution in [3.63, 3.8) is 0 Å². The number of hydrogen-bond donors (Lipinski definition) is 3. The van der Waals surface area contributed by atoms with E-state index in [-0.39, 0.29) is 18.9 Å². The molecule has 0 aliphatic carbocycles. The molecule has 1 aliphatic rings. The van der Waals surface area contributed by atoms with Crippen LogP contribution in [0.1, 0.15) is 27.2 Å². The van der Waals surface area contributed by atoms with Crippen LogP contribution < -0.4 is 10.0 Å². The fraction of sp³-hybridized carbons (Fsp3) is 0.647. The van der Waals surface area contributed by atoms with Crippen LogP contribution in [0.4, 0.5) is 4.39 Å². The third-order valence-electron chi connectivity index (χ3n) is 3.72. The van der Waals surface area contributed by atoms with Crippen molar-refractivity contribution in [2.75, 3.05) is 13.3 Å². The van der Waals surface area contributed by atoms with E-state index in [2.05, 4.69) is 22.9 Å². The summed E-state index contributed by atoms with van der Waals surface area (Å²) in [4.78, 5) is 45.8. The highest BCUT2D eigenvalue weighted by molar-refractivity contribution is 7.78. The fourth-order valence-electron chi connectivity index (χ4n) is 2.68. The Bertz CT molecular complexity index is 633. The van der Waals surface area contributed by atoms with Gasteiger partial charge in [0, 0.05) is 27.2 Å². The zero-order valence-electron chi connectivity index (χ0n) is 16.3. The van der Waals surface area contributed by atoms with Crippen molar-refractivity contribution in [3.05, 3.63) is 12.2 Å². The highest BCUT2D eigenvalue weighted by Gasteiger charge is 2.50. The summed E-state index contributed by atoms with van der Waals surface area (Å²) in [7, 11) is 0. The average molecular weight is 436 g/mol.